The first-order valence-electron chi connectivity index (χ1n) is 7.63. The fraction of sp³-hybridized carbons (Fsp3) is 0.222. The summed E-state index contributed by atoms with van der Waals surface area (Å²) in [5.41, 5.74) is 5.87. The van der Waals surface area contributed by atoms with Crippen LogP contribution in [0.1, 0.15) is 11.1 Å². The van der Waals surface area contributed by atoms with Crippen molar-refractivity contribution in [3.05, 3.63) is 53.6 Å². The van der Waals surface area contributed by atoms with Gasteiger partial charge in [0.25, 0.3) is 5.24 Å². The number of thioether (sulfide) groups is 1. The van der Waals surface area contributed by atoms with E-state index in [1.54, 1.807) is 4.90 Å². The van der Waals surface area contributed by atoms with Gasteiger partial charge in [0.05, 0.1) is 0 Å². The van der Waals surface area contributed by atoms with Crippen LogP contribution >= 0.6 is 11.8 Å². The number of amides is 2. The second kappa shape index (κ2) is 5.74. The van der Waals surface area contributed by atoms with E-state index in [0.29, 0.717) is 6.54 Å². The van der Waals surface area contributed by atoms with Crippen LogP contribution in [0.4, 0.5) is 10.5 Å². The summed E-state index contributed by atoms with van der Waals surface area (Å²) in [4.78, 5) is 25.3. The quantitative estimate of drug-likeness (QED) is 0.803. The maximum Gasteiger partial charge on any atom is 0.282 e. The Labute approximate surface area is 138 Å². The number of hydrogen-bond donors (Lipinski definition) is 1. The van der Waals surface area contributed by atoms with Crippen molar-refractivity contribution in [1.82, 2.24) is 4.90 Å². The first kappa shape index (κ1) is 14.3. The summed E-state index contributed by atoms with van der Waals surface area (Å²) in [5.74, 6) is 0.625. The third-order valence-corrected chi connectivity index (χ3v) is 5.15. The van der Waals surface area contributed by atoms with E-state index < -0.39 is 0 Å². The van der Waals surface area contributed by atoms with Crippen molar-refractivity contribution < 1.29 is 9.59 Å². The van der Waals surface area contributed by atoms with Crippen molar-refractivity contribution in [2.45, 2.75) is 6.42 Å². The van der Waals surface area contributed by atoms with Gasteiger partial charge < -0.3 is 10.2 Å². The predicted octanol–water partition coefficient (Wildman–Crippen LogP) is 3.37. The van der Waals surface area contributed by atoms with Crippen molar-refractivity contribution in [2.75, 3.05) is 24.2 Å². The number of rotatable bonds is 3. The second-order valence-electron chi connectivity index (χ2n) is 5.79. The molecule has 1 aliphatic heterocycles. The molecule has 116 valence electrons. The van der Waals surface area contributed by atoms with Crippen LogP contribution in [0, 0.1) is 0 Å². The van der Waals surface area contributed by atoms with E-state index in [2.05, 4.69) is 35.6 Å². The maximum atomic E-state index is 12.1. The normalized spacial score (nSPS) is 15.5. The Kier molecular flexibility index (Phi) is 3.58. The van der Waals surface area contributed by atoms with Crippen LogP contribution in [0.5, 0.6) is 0 Å². The van der Waals surface area contributed by atoms with E-state index in [1.165, 1.54) is 34.0 Å². The first-order chi connectivity index (χ1) is 11.2. The Morgan fingerprint density at radius 2 is 1.96 bits per heavy atom. The number of fused-ring (bicyclic) bond motifs is 3. The Hall–Kier alpha value is -2.27. The summed E-state index contributed by atoms with van der Waals surface area (Å²) in [6, 6.07) is 14.4. The average Bonchev–Trinajstić information content (AvgIpc) is 3.10. The van der Waals surface area contributed by atoms with Crippen LogP contribution in [0.3, 0.4) is 0 Å². The molecular weight excluding hydrogens is 308 g/mol. The average molecular weight is 324 g/mol. The fourth-order valence-electron chi connectivity index (χ4n) is 3.17. The van der Waals surface area contributed by atoms with Crippen molar-refractivity contribution in [3.8, 4) is 11.1 Å². The van der Waals surface area contributed by atoms with Crippen LogP contribution < -0.4 is 5.32 Å². The van der Waals surface area contributed by atoms with Gasteiger partial charge in [-0.3, -0.25) is 9.59 Å². The molecule has 0 spiro atoms. The number of nitrogens with zero attached hydrogens (tertiary/aromatic N) is 1. The molecule has 23 heavy (non-hydrogen) atoms. The van der Waals surface area contributed by atoms with E-state index in [4.69, 9.17) is 0 Å². The molecule has 4 rings (SSSR count). The number of benzene rings is 2. The van der Waals surface area contributed by atoms with Crippen LogP contribution in [0.25, 0.3) is 11.1 Å². The standard InChI is InChI=1S/C18H16N2O2S/c21-17(11-20-7-8-23-18(20)22)19-14-5-6-16-13(10-14)9-12-3-1-2-4-15(12)16/h1-6,10H,7-9,11H2,(H,19,21). The van der Waals surface area contributed by atoms with Gasteiger partial charge in [-0.2, -0.15) is 0 Å². The topological polar surface area (TPSA) is 49.4 Å². The van der Waals surface area contributed by atoms with Crippen LogP contribution in [-0.2, 0) is 11.2 Å². The SMILES string of the molecule is O=C(CN1CCSC1=O)Nc1ccc2c(c1)Cc1ccccc1-2. The van der Waals surface area contributed by atoms with E-state index in [1.807, 2.05) is 12.1 Å². The molecule has 0 unspecified atom stereocenters. The molecule has 0 atom stereocenters. The zero-order valence-electron chi connectivity index (χ0n) is 12.5. The summed E-state index contributed by atoms with van der Waals surface area (Å²) >= 11 is 1.27. The van der Waals surface area contributed by atoms with Gasteiger partial charge in [0.1, 0.15) is 6.54 Å². The monoisotopic (exact) mass is 324 g/mol. The van der Waals surface area contributed by atoms with Crippen LogP contribution in [0.2, 0.25) is 0 Å². The Morgan fingerprint density at radius 3 is 2.78 bits per heavy atom. The van der Waals surface area contributed by atoms with Gasteiger partial charge in [0.2, 0.25) is 5.91 Å². The molecule has 2 aromatic carbocycles. The zero-order chi connectivity index (χ0) is 15.8. The molecule has 1 fully saturated rings. The molecule has 2 aromatic rings. The number of carbonyl (C=O) groups is 2. The molecule has 5 heteroatoms. The minimum absolute atomic E-state index is 0.00967. The predicted molar refractivity (Wildman–Crippen MR) is 92.7 cm³/mol. The Morgan fingerprint density at radius 1 is 1.13 bits per heavy atom. The van der Waals surface area contributed by atoms with Crippen molar-refractivity contribution in [1.29, 1.82) is 0 Å². The van der Waals surface area contributed by atoms with Gasteiger partial charge in [-0.25, -0.2) is 0 Å². The lowest BCUT2D eigenvalue weighted by Crippen LogP contribution is -2.33. The number of carbonyl (C=O) groups excluding carboxylic acids is 2. The highest BCUT2D eigenvalue weighted by molar-refractivity contribution is 8.13. The molecule has 1 aliphatic carbocycles. The highest BCUT2D eigenvalue weighted by Gasteiger charge is 2.23. The summed E-state index contributed by atoms with van der Waals surface area (Å²) in [6.45, 7) is 0.777. The highest BCUT2D eigenvalue weighted by atomic mass is 32.2. The molecule has 0 radical (unpaired) electrons. The van der Waals surface area contributed by atoms with E-state index in [9.17, 15) is 9.59 Å². The van der Waals surface area contributed by atoms with Gasteiger partial charge in [0.15, 0.2) is 0 Å². The Balaban J connectivity index is 1.48. The number of nitrogens with one attached hydrogen (secondary N) is 1. The van der Waals surface area contributed by atoms with Crippen molar-refractivity contribution in [2.24, 2.45) is 0 Å². The molecule has 0 saturated carbocycles. The number of hydrogen-bond acceptors (Lipinski definition) is 3. The lowest BCUT2D eigenvalue weighted by atomic mass is 10.1. The number of anilines is 1. The summed E-state index contributed by atoms with van der Waals surface area (Å²) in [5, 5.41) is 2.89. The molecule has 1 saturated heterocycles. The molecule has 0 bridgehead atoms. The Bertz CT molecular complexity index is 803. The molecule has 2 aliphatic rings. The van der Waals surface area contributed by atoms with Gasteiger partial charge in [-0.1, -0.05) is 42.1 Å². The maximum absolute atomic E-state index is 12.1. The van der Waals surface area contributed by atoms with Gasteiger partial charge in [-0.15, -0.1) is 0 Å². The summed E-state index contributed by atoms with van der Waals surface area (Å²) in [7, 11) is 0. The van der Waals surface area contributed by atoms with Crippen LogP contribution in [0.15, 0.2) is 42.5 Å². The molecule has 0 aromatic heterocycles. The molecule has 4 nitrogen and oxygen atoms in total. The lowest BCUT2D eigenvalue weighted by molar-refractivity contribution is -0.116. The minimum atomic E-state index is -0.142. The third-order valence-electron chi connectivity index (χ3n) is 4.26. The van der Waals surface area contributed by atoms with Crippen LogP contribution in [-0.4, -0.2) is 34.9 Å². The fourth-order valence-corrected chi connectivity index (χ4v) is 3.99. The van der Waals surface area contributed by atoms with E-state index >= 15 is 0 Å². The van der Waals surface area contributed by atoms with Gasteiger partial charge >= 0.3 is 0 Å². The highest BCUT2D eigenvalue weighted by Crippen LogP contribution is 2.37. The lowest BCUT2D eigenvalue weighted by Gasteiger charge is -2.14. The minimum Gasteiger partial charge on any atom is -0.325 e. The zero-order valence-corrected chi connectivity index (χ0v) is 13.4. The molecular formula is C18H16N2O2S. The van der Waals surface area contributed by atoms with Gasteiger partial charge in [-0.05, 0) is 40.8 Å². The van der Waals surface area contributed by atoms with Gasteiger partial charge in [0, 0.05) is 18.0 Å². The molecule has 1 N–H and O–H groups in total. The molecule has 2 amide bonds. The smallest absolute Gasteiger partial charge is 0.282 e. The van der Waals surface area contributed by atoms with Crippen molar-refractivity contribution >= 4 is 28.6 Å². The van der Waals surface area contributed by atoms with Crippen molar-refractivity contribution in [3.63, 3.8) is 0 Å². The molecule has 1 heterocycles. The second-order valence-corrected chi connectivity index (χ2v) is 6.84. The third kappa shape index (κ3) is 2.72. The largest absolute Gasteiger partial charge is 0.325 e. The summed E-state index contributed by atoms with van der Waals surface area (Å²) < 4.78 is 0. The van der Waals surface area contributed by atoms with E-state index in [0.717, 1.165) is 17.9 Å². The first-order valence-corrected chi connectivity index (χ1v) is 8.62. The van der Waals surface area contributed by atoms with E-state index in [-0.39, 0.29) is 17.7 Å². The summed E-state index contributed by atoms with van der Waals surface area (Å²) in [6.07, 6.45) is 0.899.